The smallest absolute Gasteiger partial charge is 0.310 e. The number of carbonyl (C=O) groups is 1. The van der Waals surface area contributed by atoms with Gasteiger partial charge in [0.15, 0.2) is 0 Å². The Kier molecular flexibility index (Phi) is 4.74. The quantitative estimate of drug-likeness (QED) is 0.633. The molecule has 0 spiro atoms. The molecular weight excluding hydrogens is 317 g/mol. The van der Waals surface area contributed by atoms with Crippen LogP contribution in [0.15, 0.2) is 12.1 Å². The molecule has 4 heteroatoms. The van der Waals surface area contributed by atoms with Gasteiger partial charge in [0.05, 0.1) is 24.7 Å². The predicted molar refractivity (Wildman–Crippen MR) is 68.9 cm³/mol. The summed E-state index contributed by atoms with van der Waals surface area (Å²) >= 11 is 2.17. The first-order chi connectivity index (χ1) is 7.60. The van der Waals surface area contributed by atoms with Gasteiger partial charge in [-0.25, -0.2) is 0 Å². The number of hydrogen-bond acceptors (Lipinski definition) is 3. The van der Waals surface area contributed by atoms with Gasteiger partial charge in [-0.2, -0.15) is 5.26 Å². The molecule has 0 saturated carbocycles. The van der Waals surface area contributed by atoms with Crippen LogP contribution in [0.1, 0.15) is 23.6 Å². The molecule has 0 radical (unpaired) electrons. The number of halogens is 1. The Morgan fingerprint density at radius 1 is 1.56 bits per heavy atom. The van der Waals surface area contributed by atoms with Crippen molar-refractivity contribution in [2.75, 3.05) is 6.61 Å². The van der Waals surface area contributed by atoms with Gasteiger partial charge >= 0.3 is 5.97 Å². The normalized spacial score (nSPS) is 9.62. The average molecular weight is 329 g/mol. The molecule has 0 aliphatic heterocycles. The fraction of sp³-hybridized carbons (Fsp3) is 0.333. The minimum absolute atomic E-state index is 0.161. The van der Waals surface area contributed by atoms with Crippen LogP contribution in [-0.2, 0) is 16.0 Å². The van der Waals surface area contributed by atoms with E-state index in [1.165, 1.54) is 0 Å². The molecule has 0 aromatic heterocycles. The number of ether oxygens (including phenoxy) is 1. The Hall–Kier alpha value is -1.09. The summed E-state index contributed by atoms with van der Waals surface area (Å²) in [7, 11) is 0. The third-order valence-electron chi connectivity index (χ3n) is 2.24. The average Bonchev–Trinajstić information content (AvgIpc) is 2.24. The summed E-state index contributed by atoms with van der Waals surface area (Å²) < 4.78 is 5.89. The lowest BCUT2D eigenvalue weighted by Gasteiger charge is -2.07. The SMILES string of the molecule is CCOC(=O)Cc1ccc(I)c(C)c1C#N. The molecule has 0 aliphatic carbocycles. The Bertz CT molecular complexity index is 449. The summed E-state index contributed by atoms with van der Waals surface area (Å²) in [5.41, 5.74) is 2.24. The van der Waals surface area contributed by atoms with Gasteiger partial charge in [-0.05, 0) is 53.6 Å². The summed E-state index contributed by atoms with van der Waals surface area (Å²) in [5, 5.41) is 9.06. The second-order valence-electron chi connectivity index (χ2n) is 3.30. The molecule has 0 amide bonds. The highest BCUT2D eigenvalue weighted by atomic mass is 127. The maximum absolute atomic E-state index is 11.3. The van der Waals surface area contributed by atoms with Crippen molar-refractivity contribution in [3.63, 3.8) is 0 Å². The second kappa shape index (κ2) is 5.85. The van der Waals surface area contributed by atoms with E-state index < -0.39 is 0 Å². The first kappa shape index (κ1) is 13.0. The van der Waals surface area contributed by atoms with Gasteiger partial charge in [0.1, 0.15) is 0 Å². The fourth-order valence-electron chi connectivity index (χ4n) is 1.41. The van der Waals surface area contributed by atoms with E-state index >= 15 is 0 Å². The summed E-state index contributed by atoms with van der Waals surface area (Å²) in [6.07, 6.45) is 0.161. The predicted octanol–water partition coefficient (Wildman–Crippen LogP) is 2.58. The molecule has 0 aliphatic rings. The maximum atomic E-state index is 11.3. The number of nitriles is 1. The molecule has 0 saturated heterocycles. The molecule has 1 rings (SSSR count). The zero-order chi connectivity index (χ0) is 12.1. The second-order valence-corrected chi connectivity index (χ2v) is 4.46. The van der Waals surface area contributed by atoms with Crippen LogP contribution >= 0.6 is 22.6 Å². The van der Waals surface area contributed by atoms with Crippen molar-refractivity contribution in [1.82, 2.24) is 0 Å². The molecule has 84 valence electrons. The van der Waals surface area contributed by atoms with E-state index in [0.29, 0.717) is 12.2 Å². The first-order valence-corrected chi connectivity index (χ1v) is 6.01. The molecule has 0 heterocycles. The highest BCUT2D eigenvalue weighted by Crippen LogP contribution is 2.20. The third kappa shape index (κ3) is 2.95. The Balaban J connectivity index is 3.02. The molecule has 1 aromatic rings. The molecule has 1 aromatic carbocycles. The van der Waals surface area contributed by atoms with Gasteiger partial charge in [0.2, 0.25) is 0 Å². The molecular formula is C12H12INO2. The van der Waals surface area contributed by atoms with Gasteiger partial charge in [-0.3, -0.25) is 4.79 Å². The fourth-order valence-corrected chi connectivity index (χ4v) is 1.86. The van der Waals surface area contributed by atoms with E-state index in [4.69, 9.17) is 10.00 Å². The van der Waals surface area contributed by atoms with Crippen molar-refractivity contribution >= 4 is 28.6 Å². The summed E-state index contributed by atoms with van der Waals surface area (Å²) in [6.45, 7) is 4.02. The minimum Gasteiger partial charge on any atom is -0.466 e. The highest BCUT2D eigenvalue weighted by molar-refractivity contribution is 14.1. The van der Waals surface area contributed by atoms with Crippen molar-refractivity contribution < 1.29 is 9.53 Å². The summed E-state index contributed by atoms with van der Waals surface area (Å²) in [6, 6.07) is 5.86. The van der Waals surface area contributed by atoms with Crippen molar-refractivity contribution in [2.24, 2.45) is 0 Å². The largest absolute Gasteiger partial charge is 0.466 e. The van der Waals surface area contributed by atoms with E-state index in [-0.39, 0.29) is 12.4 Å². The van der Waals surface area contributed by atoms with Crippen molar-refractivity contribution in [3.8, 4) is 6.07 Å². The summed E-state index contributed by atoms with van der Waals surface area (Å²) in [5.74, 6) is -0.292. The molecule has 0 unspecified atom stereocenters. The lowest BCUT2D eigenvalue weighted by atomic mass is 10.0. The number of rotatable bonds is 3. The number of benzene rings is 1. The standard InChI is InChI=1S/C12H12INO2/c1-3-16-12(15)6-9-4-5-11(13)8(2)10(9)7-14/h4-5H,3,6H2,1-2H3. The van der Waals surface area contributed by atoms with Gasteiger partial charge < -0.3 is 4.74 Å². The van der Waals surface area contributed by atoms with Gasteiger partial charge in [-0.1, -0.05) is 6.07 Å². The van der Waals surface area contributed by atoms with Crippen LogP contribution in [0.4, 0.5) is 0 Å². The van der Waals surface area contributed by atoms with Crippen LogP contribution in [0.2, 0.25) is 0 Å². The molecule has 16 heavy (non-hydrogen) atoms. The monoisotopic (exact) mass is 329 g/mol. The Morgan fingerprint density at radius 2 is 2.25 bits per heavy atom. The van der Waals surface area contributed by atoms with Crippen LogP contribution in [0.5, 0.6) is 0 Å². The topological polar surface area (TPSA) is 50.1 Å². The van der Waals surface area contributed by atoms with Gasteiger partial charge in [-0.15, -0.1) is 0 Å². The molecule has 0 bridgehead atoms. The van der Waals surface area contributed by atoms with Crippen LogP contribution in [0, 0.1) is 21.8 Å². The molecule has 0 N–H and O–H groups in total. The lowest BCUT2D eigenvalue weighted by Crippen LogP contribution is -2.09. The van der Waals surface area contributed by atoms with E-state index in [2.05, 4.69) is 28.7 Å². The van der Waals surface area contributed by atoms with E-state index in [1.54, 1.807) is 6.92 Å². The van der Waals surface area contributed by atoms with E-state index in [9.17, 15) is 4.79 Å². The summed E-state index contributed by atoms with van der Waals surface area (Å²) in [4.78, 5) is 11.3. The number of carbonyl (C=O) groups excluding carboxylic acids is 1. The van der Waals surface area contributed by atoms with E-state index in [0.717, 1.165) is 14.7 Å². The van der Waals surface area contributed by atoms with Crippen molar-refractivity contribution in [3.05, 3.63) is 32.4 Å². The molecule has 3 nitrogen and oxygen atoms in total. The first-order valence-electron chi connectivity index (χ1n) is 4.93. The Labute approximate surface area is 109 Å². The van der Waals surface area contributed by atoms with Crippen LogP contribution < -0.4 is 0 Å². The van der Waals surface area contributed by atoms with Gasteiger partial charge in [0, 0.05) is 3.57 Å². The zero-order valence-electron chi connectivity index (χ0n) is 9.21. The number of hydrogen-bond donors (Lipinski definition) is 0. The van der Waals surface area contributed by atoms with Gasteiger partial charge in [0.25, 0.3) is 0 Å². The Morgan fingerprint density at radius 3 is 2.81 bits per heavy atom. The lowest BCUT2D eigenvalue weighted by molar-refractivity contribution is -0.142. The van der Waals surface area contributed by atoms with Crippen molar-refractivity contribution in [1.29, 1.82) is 5.26 Å². The number of nitrogens with zero attached hydrogens (tertiary/aromatic N) is 1. The third-order valence-corrected chi connectivity index (χ3v) is 3.41. The van der Waals surface area contributed by atoms with Crippen molar-refractivity contribution in [2.45, 2.75) is 20.3 Å². The minimum atomic E-state index is -0.292. The number of esters is 1. The van der Waals surface area contributed by atoms with E-state index in [1.807, 2.05) is 19.1 Å². The van der Waals surface area contributed by atoms with Crippen LogP contribution in [-0.4, -0.2) is 12.6 Å². The van der Waals surface area contributed by atoms with Crippen LogP contribution in [0.25, 0.3) is 0 Å². The maximum Gasteiger partial charge on any atom is 0.310 e. The molecule has 0 fully saturated rings. The molecule has 0 atom stereocenters. The van der Waals surface area contributed by atoms with Crippen LogP contribution in [0.3, 0.4) is 0 Å². The zero-order valence-corrected chi connectivity index (χ0v) is 11.4. The highest BCUT2D eigenvalue weighted by Gasteiger charge is 2.12.